The minimum absolute atomic E-state index is 0.0114. The van der Waals surface area contributed by atoms with E-state index in [1.54, 1.807) is 56.4 Å². The van der Waals surface area contributed by atoms with Crippen molar-refractivity contribution in [3.8, 4) is 16.9 Å². The lowest BCUT2D eigenvalue weighted by atomic mass is 9.99. The molecule has 0 saturated heterocycles. The minimum atomic E-state index is -3.64. The fraction of sp³-hybridized carbons (Fsp3) is 0.289. The van der Waals surface area contributed by atoms with Gasteiger partial charge >= 0.3 is 12.1 Å². The molecule has 0 spiro atoms. The number of aliphatic carboxylic acids is 1. The first-order chi connectivity index (χ1) is 25.6. The number of fused-ring (bicyclic) bond motifs is 1. The summed E-state index contributed by atoms with van der Waals surface area (Å²) in [4.78, 5) is 44.2. The average Bonchev–Trinajstić information content (AvgIpc) is 3.56. The fourth-order valence-electron chi connectivity index (χ4n) is 5.60. The van der Waals surface area contributed by atoms with Gasteiger partial charge in [0.25, 0.3) is 5.95 Å². The first-order valence-electron chi connectivity index (χ1n) is 17.0. The normalized spacial score (nSPS) is 13.8. The monoisotopic (exact) mass is 760 g/mol. The van der Waals surface area contributed by atoms with Gasteiger partial charge in [0.15, 0.2) is 21.7 Å². The van der Waals surface area contributed by atoms with E-state index in [4.69, 9.17) is 9.47 Å². The summed E-state index contributed by atoms with van der Waals surface area (Å²) in [6, 6.07) is 19.3. The molecule has 0 aliphatic carbocycles. The van der Waals surface area contributed by atoms with E-state index in [-0.39, 0.29) is 39.9 Å². The molecule has 0 fully saturated rings. The number of hydrogen-bond donors (Lipinski definition) is 3. The van der Waals surface area contributed by atoms with Crippen LogP contribution in [0.1, 0.15) is 45.6 Å². The summed E-state index contributed by atoms with van der Waals surface area (Å²) < 4.78 is 50.6. The molecule has 0 radical (unpaired) electrons. The Bertz CT molecular complexity index is 2260. The number of halogens is 1. The maximum absolute atomic E-state index is 13.9. The molecule has 2 amide bonds. The van der Waals surface area contributed by atoms with E-state index in [1.807, 2.05) is 19.1 Å². The van der Waals surface area contributed by atoms with Gasteiger partial charge in [0, 0.05) is 29.8 Å². The number of pyridine rings is 1. The molecule has 0 saturated carbocycles. The van der Waals surface area contributed by atoms with Crippen LogP contribution >= 0.6 is 0 Å². The summed E-state index contributed by atoms with van der Waals surface area (Å²) in [5.74, 6) is -2.64. The molecule has 284 valence electrons. The second-order valence-corrected chi connectivity index (χ2v) is 14.8. The Hall–Kier alpha value is -5.87. The number of carboxylic acids is 1. The van der Waals surface area contributed by atoms with E-state index in [0.29, 0.717) is 23.3 Å². The number of methoxy groups -OCH3 is 1. The van der Waals surface area contributed by atoms with E-state index in [1.165, 1.54) is 48.9 Å². The molecule has 5 rings (SSSR count). The van der Waals surface area contributed by atoms with E-state index in [9.17, 15) is 32.3 Å². The van der Waals surface area contributed by atoms with Crippen LogP contribution in [0.15, 0.2) is 90.0 Å². The molecule has 5 aromatic rings. The second kappa shape index (κ2) is 16.4. The van der Waals surface area contributed by atoms with Gasteiger partial charge in [0.2, 0.25) is 5.91 Å². The number of benzene rings is 3. The largest absolute Gasteiger partial charge is 0.495 e. The second-order valence-electron chi connectivity index (χ2n) is 12.8. The summed E-state index contributed by atoms with van der Waals surface area (Å²) in [5, 5.41) is 20.0. The Morgan fingerprint density at radius 2 is 1.63 bits per heavy atom. The summed E-state index contributed by atoms with van der Waals surface area (Å²) >= 11 is 0. The molecular formula is C38H41FN6O8S. The van der Waals surface area contributed by atoms with Crippen LogP contribution in [0.3, 0.4) is 0 Å². The SMILES string of the molecule is CCC(C)[C@H](NC(C)OC(=O)N(c1nc2ccc(-c3ccc(NC(=O)[C@H](C)c4ccc(F)cc4)cc3)cn2n1)c1ccc(S(C)(=O)=O)cc1OC)C(=O)O. The lowest BCUT2D eigenvalue weighted by molar-refractivity contribution is -0.142. The van der Waals surface area contributed by atoms with Crippen LogP contribution in [-0.2, 0) is 24.2 Å². The number of sulfone groups is 1. The van der Waals surface area contributed by atoms with Gasteiger partial charge in [0.1, 0.15) is 17.6 Å². The maximum atomic E-state index is 13.9. The topological polar surface area (TPSA) is 182 Å². The van der Waals surface area contributed by atoms with Gasteiger partial charge in [-0.25, -0.2) is 27.0 Å². The number of nitrogens with zero attached hydrogens (tertiary/aromatic N) is 4. The van der Waals surface area contributed by atoms with Gasteiger partial charge < -0.3 is 19.9 Å². The number of rotatable bonds is 14. The molecule has 0 aliphatic rings. The highest BCUT2D eigenvalue weighted by Gasteiger charge is 2.31. The fourth-order valence-corrected chi connectivity index (χ4v) is 6.24. The van der Waals surface area contributed by atoms with Crippen LogP contribution in [0.25, 0.3) is 16.8 Å². The van der Waals surface area contributed by atoms with Crippen molar-refractivity contribution < 1.29 is 41.8 Å². The van der Waals surface area contributed by atoms with Gasteiger partial charge in [-0.3, -0.25) is 14.9 Å². The molecule has 54 heavy (non-hydrogen) atoms. The number of carbonyl (C=O) groups excluding carboxylic acids is 2. The highest BCUT2D eigenvalue weighted by Crippen LogP contribution is 2.36. The van der Waals surface area contributed by atoms with Gasteiger partial charge in [-0.15, -0.1) is 5.10 Å². The van der Waals surface area contributed by atoms with Crippen LogP contribution < -0.4 is 20.3 Å². The number of aromatic nitrogens is 3. The minimum Gasteiger partial charge on any atom is -0.495 e. The Balaban J connectivity index is 1.44. The van der Waals surface area contributed by atoms with Crippen molar-refractivity contribution in [3.05, 3.63) is 96.4 Å². The molecular weight excluding hydrogens is 720 g/mol. The van der Waals surface area contributed by atoms with Crippen molar-refractivity contribution in [1.82, 2.24) is 19.9 Å². The van der Waals surface area contributed by atoms with E-state index in [0.717, 1.165) is 22.3 Å². The molecule has 16 heteroatoms. The first kappa shape index (κ1) is 39.3. The van der Waals surface area contributed by atoms with Gasteiger partial charge in [-0.2, -0.15) is 4.98 Å². The van der Waals surface area contributed by atoms with Crippen molar-refractivity contribution in [2.75, 3.05) is 23.6 Å². The number of hydrogen-bond acceptors (Lipinski definition) is 10. The van der Waals surface area contributed by atoms with Crippen LogP contribution in [-0.4, -0.2) is 71.7 Å². The van der Waals surface area contributed by atoms with Gasteiger partial charge in [-0.1, -0.05) is 44.5 Å². The third-order valence-electron chi connectivity index (χ3n) is 8.94. The zero-order valence-corrected chi connectivity index (χ0v) is 31.3. The highest BCUT2D eigenvalue weighted by atomic mass is 32.2. The van der Waals surface area contributed by atoms with Crippen LogP contribution in [0, 0.1) is 11.7 Å². The molecule has 3 N–H and O–H groups in total. The number of carbonyl (C=O) groups is 3. The molecule has 2 unspecified atom stereocenters. The van der Waals surface area contributed by atoms with Crippen LogP contribution in [0.4, 0.5) is 26.5 Å². The summed E-state index contributed by atoms with van der Waals surface area (Å²) in [6.45, 7) is 6.84. The molecule has 14 nitrogen and oxygen atoms in total. The molecule has 3 aromatic carbocycles. The lowest BCUT2D eigenvalue weighted by Gasteiger charge is -2.27. The molecule has 2 heterocycles. The van der Waals surface area contributed by atoms with Crippen LogP contribution in [0.5, 0.6) is 5.75 Å². The highest BCUT2D eigenvalue weighted by molar-refractivity contribution is 7.90. The number of anilines is 3. The smallest absolute Gasteiger partial charge is 0.423 e. The molecule has 2 aromatic heterocycles. The third kappa shape index (κ3) is 9.01. The molecule has 0 aliphatic heterocycles. The standard InChI is InChI=1S/C38H41FN6O8S/c1-7-22(2)34(36(47)48)40-24(4)53-38(49)45(31-18-17-30(54(6,50)51)20-32(31)52-5)37-42-33-19-12-27(21-44(33)43-37)26-10-15-29(16-11-26)41-35(46)23(3)25-8-13-28(39)14-9-25/h8-24,34,40H,7H2,1-6H3,(H,41,46)(H,47,48)/t22?,23-,24?,34+/m1/s1. The maximum Gasteiger partial charge on any atom is 0.423 e. The Morgan fingerprint density at radius 1 is 0.963 bits per heavy atom. The summed E-state index contributed by atoms with van der Waals surface area (Å²) in [5.41, 5.74) is 3.17. The van der Waals surface area contributed by atoms with E-state index < -0.39 is 40.1 Å². The zero-order chi connectivity index (χ0) is 39.3. The van der Waals surface area contributed by atoms with Gasteiger partial charge in [0.05, 0.1) is 23.6 Å². The Morgan fingerprint density at radius 3 is 2.24 bits per heavy atom. The van der Waals surface area contributed by atoms with Crippen molar-refractivity contribution >= 4 is 50.8 Å². The quantitative estimate of drug-likeness (QED) is 0.107. The van der Waals surface area contributed by atoms with E-state index in [2.05, 4.69) is 20.7 Å². The Labute approximate surface area is 311 Å². The van der Waals surface area contributed by atoms with Gasteiger partial charge in [-0.05, 0) is 79.4 Å². The van der Waals surface area contributed by atoms with Crippen molar-refractivity contribution in [1.29, 1.82) is 0 Å². The first-order valence-corrected chi connectivity index (χ1v) is 18.9. The van der Waals surface area contributed by atoms with Crippen molar-refractivity contribution in [3.63, 3.8) is 0 Å². The van der Waals surface area contributed by atoms with E-state index >= 15 is 0 Å². The number of nitrogens with one attached hydrogen (secondary N) is 2. The zero-order valence-electron chi connectivity index (χ0n) is 30.5. The van der Waals surface area contributed by atoms with Crippen molar-refractivity contribution in [2.24, 2.45) is 5.92 Å². The predicted octanol–water partition coefficient (Wildman–Crippen LogP) is 6.40. The Kier molecular flexibility index (Phi) is 12.0. The molecule has 0 bridgehead atoms. The number of carboxylic acid groups (broad SMARTS) is 1. The number of amides is 2. The summed E-state index contributed by atoms with van der Waals surface area (Å²) in [7, 11) is -2.33. The van der Waals surface area contributed by atoms with Crippen LogP contribution in [0.2, 0.25) is 0 Å². The third-order valence-corrected chi connectivity index (χ3v) is 10.1. The summed E-state index contributed by atoms with van der Waals surface area (Å²) in [6.07, 6.45) is 1.23. The predicted molar refractivity (Wildman–Crippen MR) is 200 cm³/mol. The molecule has 4 atom stereocenters. The lowest BCUT2D eigenvalue weighted by Crippen LogP contribution is -2.48. The number of ether oxygens (including phenoxy) is 2. The van der Waals surface area contributed by atoms with Crippen molar-refractivity contribution in [2.45, 2.75) is 57.2 Å². The average molecular weight is 761 g/mol.